The average molecular weight is 627 g/mol. The highest BCUT2D eigenvalue weighted by molar-refractivity contribution is 6.10. The highest BCUT2D eigenvalue weighted by Crippen LogP contribution is 2.39. The normalized spacial score (nSPS) is 11.7. The number of benzene rings is 6. The number of furan rings is 1. The summed E-state index contributed by atoms with van der Waals surface area (Å²) in [6, 6.07) is 53.8. The Morgan fingerprint density at radius 2 is 1.06 bits per heavy atom. The molecule has 0 fully saturated rings. The summed E-state index contributed by atoms with van der Waals surface area (Å²) in [7, 11) is 0. The number of nitrogens with zero attached hydrogens (tertiary/aromatic N) is 4. The van der Waals surface area contributed by atoms with E-state index >= 15 is 0 Å². The topological polar surface area (TPSA) is 64.7 Å². The van der Waals surface area contributed by atoms with Crippen LogP contribution in [0.2, 0.25) is 0 Å². The zero-order chi connectivity index (χ0) is 32.3. The van der Waals surface area contributed by atoms with E-state index in [1.54, 1.807) is 0 Å². The summed E-state index contributed by atoms with van der Waals surface area (Å²) in [5.74, 6) is 0.674. The van der Waals surface area contributed by atoms with Crippen LogP contribution >= 0.6 is 0 Å². The number of para-hydroxylation sites is 1. The lowest BCUT2D eigenvalue weighted by atomic mass is 9.97. The van der Waals surface area contributed by atoms with Gasteiger partial charge in [0, 0.05) is 49.2 Å². The van der Waals surface area contributed by atoms with E-state index in [-0.39, 0.29) is 0 Å². The van der Waals surface area contributed by atoms with Crippen LogP contribution < -0.4 is 0 Å². The van der Waals surface area contributed by atoms with Gasteiger partial charge in [0.25, 0.3) is 0 Å². The maximum absolute atomic E-state index is 6.18. The minimum atomic E-state index is 0.674. The molecule has 0 unspecified atom stereocenters. The number of aromatic nitrogens is 4. The Kier molecular flexibility index (Phi) is 6.11. The quantitative estimate of drug-likeness (QED) is 0.182. The Hall–Kier alpha value is -6.72. The van der Waals surface area contributed by atoms with Crippen LogP contribution in [0.15, 0.2) is 162 Å². The SMILES string of the molecule is c1ccc(-c2ccc3ccc4ccc(-c5cccc6nc(-c7ccccc7)nc(-c7ccc8oc9ccccc9c8c7)c56)nc4c3n2)cc1. The summed E-state index contributed by atoms with van der Waals surface area (Å²) < 4.78 is 6.18. The van der Waals surface area contributed by atoms with Gasteiger partial charge in [0.15, 0.2) is 5.82 Å². The fraction of sp³-hybridized carbons (Fsp3) is 0. The summed E-state index contributed by atoms with van der Waals surface area (Å²) >= 11 is 0. The second kappa shape index (κ2) is 10.9. The lowest BCUT2D eigenvalue weighted by Gasteiger charge is -2.14. The number of rotatable bonds is 4. The summed E-state index contributed by atoms with van der Waals surface area (Å²) in [6.45, 7) is 0. The monoisotopic (exact) mass is 626 g/mol. The standard InChI is InChI=1S/C44H26N4O/c1-3-10-27(11-4-1)35-23-20-28-18-19-29-21-24-36(46-43(29)42(28)45-35)33-15-9-16-37-40(33)41(48-44(47-37)30-12-5-2-6-13-30)31-22-25-39-34(26-31)32-14-7-8-17-38(32)49-39/h1-26H. The van der Waals surface area contributed by atoms with Crippen LogP contribution in [0.5, 0.6) is 0 Å². The van der Waals surface area contributed by atoms with Crippen molar-refractivity contribution < 1.29 is 4.42 Å². The molecule has 0 aliphatic heterocycles. The molecule has 0 N–H and O–H groups in total. The first-order valence-electron chi connectivity index (χ1n) is 16.3. The smallest absolute Gasteiger partial charge is 0.160 e. The minimum absolute atomic E-state index is 0.674. The van der Waals surface area contributed by atoms with E-state index in [9.17, 15) is 0 Å². The van der Waals surface area contributed by atoms with Gasteiger partial charge in [-0.2, -0.15) is 0 Å². The van der Waals surface area contributed by atoms with Gasteiger partial charge in [-0.05, 0) is 42.5 Å². The van der Waals surface area contributed by atoms with Gasteiger partial charge >= 0.3 is 0 Å². The molecular formula is C44H26N4O. The molecule has 0 radical (unpaired) electrons. The summed E-state index contributed by atoms with van der Waals surface area (Å²) in [5.41, 5.74) is 10.9. The van der Waals surface area contributed by atoms with Gasteiger partial charge in [-0.1, -0.05) is 115 Å². The van der Waals surface area contributed by atoms with E-state index in [4.69, 9.17) is 24.4 Å². The minimum Gasteiger partial charge on any atom is -0.456 e. The van der Waals surface area contributed by atoms with Crippen LogP contribution in [-0.4, -0.2) is 19.9 Å². The molecule has 4 aromatic heterocycles. The Morgan fingerprint density at radius 1 is 0.408 bits per heavy atom. The third kappa shape index (κ3) is 4.55. The van der Waals surface area contributed by atoms with Crippen LogP contribution in [-0.2, 0) is 0 Å². The lowest BCUT2D eigenvalue weighted by molar-refractivity contribution is 0.669. The Morgan fingerprint density at radius 3 is 1.86 bits per heavy atom. The maximum Gasteiger partial charge on any atom is 0.160 e. The van der Waals surface area contributed by atoms with Crippen LogP contribution in [0.1, 0.15) is 0 Å². The van der Waals surface area contributed by atoms with Crippen LogP contribution in [0, 0.1) is 0 Å². The molecule has 228 valence electrons. The molecule has 0 aliphatic rings. The lowest BCUT2D eigenvalue weighted by Crippen LogP contribution is -1.98. The first-order valence-corrected chi connectivity index (χ1v) is 16.3. The van der Waals surface area contributed by atoms with Gasteiger partial charge in [0.2, 0.25) is 0 Å². The van der Waals surface area contributed by atoms with Crippen molar-refractivity contribution >= 4 is 54.6 Å². The highest BCUT2D eigenvalue weighted by Gasteiger charge is 2.19. The summed E-state index contributed by atoms with van der Waals surface area (Å²) in [6.07, 6.45) is 0. The number of fused-ring (bicyclic) bond motifs is 7. The number of hydrogen-bond acceptors (Lipinski definition) is 5. The second-order valence-electron chi connectivity index (χ2n) is 12.2. The van der Waals surface area contributed by atoms with Gasteiger partial charge in [-0.15, -0.1) is 0 Å². The van der Waals surface area contributed by atoms with Crippen LogP contribution in [0.3, 0.4) is 0 Å². The molecule has 0 saturated carbocycles. The highest BCUT2D eigenvalue weighted by atomic mass is 16.3. The van der Waals surface area contributed by atoms with Crippen molar-refractivity contribution in [2.24, 2.45) is 0 Å². The van der Waals surface area contributed by atoms with E-state index in [1.165, 1.54) is 0 Å². The van der Waals surface area contributed by atoms with Crippen molar-refractivity contribution in [2.75, 3.05) is 0 Å². The molecule has 0 aliphatic carbocycles. The van der Waals surface area contributed by atoms with Crippen LogP contribution in [0.25, 0.3) is 99.8 Å². The molecule has 0 atom stereocenters. The number of hydrogen-bond donors (Lipinski definition) is 0. The first-order chi connectivity index (χ1) is 24.3. The van der Waals surface area contributed by atoms with Gasteiger partial charge in [-0.25, -0.2) is 19.9 Å². The average Bonchev–Trinajstić information content (AvgIpc) is 3.55. The van der Waals surface area contributed by atoms with Gasteiger partial charge < -0.3 is 4.42 Å². The van der Waals surface area contributed by atoms with E-state index in [0.29, 0.717) is 5.82 Å². The molecule has 0 spiro atoms. The molecule has 10 aromatic rings. The maximum atomic E-state index is 6.18. The largest absolute Gasteiger partial charge is 0.456 e. The van der Waals surface area contributed by atoms with Crippen molar-refractivity contribution in [1.29, 1.82) is 0 Å². The van der Waals surface area contributed by atoms with Gasteiger partial charge in [-0.3, -0.25) is 0 Å². The molecule has 0 amide bonds. The molecule has 5 nitrogen and oxygen atoms in total. The van der Waals surface area contributed by atoms with Crippen molar-refractivity contribution in [3.63, 3.8) is 0 Å². The summed E-state index contributed by atoms with van der Waals surface area (Å²) in [4.78, 5) is 20.8. The molecule has 0 saturated heterocycles. The molecule has 6 aromatic carbocycles. The third-order valence-corrected chi connectivity index (χ3v) is 9.27. The first kappa shape index (κ1) is 27.4. The molecular weight excluding hydrogens is 601 g/mol. The fourth-order valence-corrected chi connectivity index (χ4v) is 6.88. The predicted octanol–water partition coefficient (Wildman–Crippen LogP) is 11.3. The van der Waals surface area contributed by atoms with Gasteiger partial charge in [0.1, 0.15) is 11.2 Å². The van der Waals surface area contributed by atoms with Crippen molar-refractivity contribution in [2.45, 2.75) is 0 Å². The fourth-order valence-electron chi connectivity index (χ4n) is 6.88. The Balaban J connectivity index is 1.23. The van der Waals surface area contributed by atoms with E-state index in [1.807, 2.05) is 72.8 Å². The third-order valence-electron chi connectivity index (χ3n) is 9.27. The molecule has 0 bridgehead atoms. The van der Waals surface area contributed by atoms with E-state index in [0.717, 1.165) is 94.0 Å². The zero-order valence-electron chi connectivity index (χ0n) is 26.2. The predicted molar refractivity (Wildman–Crippen MR) is 199 cm³/mol. The van der Waals surface area contributed by atoms with E-state index < -0.39 is 0 Å². The zero-order valence-corrected chi connectivity index (χ0v) is 26.2. The van der Waals surface area contributed by atoms with Crippen LogP contribution in [0.4, 0.5) is 0 Å². The summed E-state index contributed by atoms with van der Waals surface area (Å²) in [5, 5.41) is 5.15. The molecule has 4 heterocycles. The Bertz CT molecular complexity index is 2880. The van der Waals surface area contributed by atoms with Crippen molar-refractivity contribution in [3.05, 3.63) is 158 Å². The Labute approximate surface area is 281 Å². The van der Waals surface area contributed by atoms with E-state index in [2.05, 4.69) is 84.9 Å². The van der Waals surface area contributed by atoms with Crippen molar-refractivity contribution in [1.82, 2.24) is 19.9 Å². The molecule has 49 heavy (non-hydrogen) atoms. The number of pyridine rings is 2. The second-order valence-corrected chi connectivity index (χ2v) is 12.2. The molecule has 10 rings (SSSR count). The molecule has 5 heteroatoms. The van der Waals surface area contributed by atoms with Gasteiger partial charge in [0.05, 0.1) is 33.6 Å². The van der Waals surface area contributed by atoms with Crippen molar-refractivity contribution in [3.8, 4) is 45.2 Å².